The monoisotopic (exact) mass is 497 g/mol. The second-order valence-corrected chi connectivity index (χ2v) is 10.4. The molecule has 0 fully saturated rings. The summed E-state index contributed by atoms with van der Waals surface area (Å²) in [6.45, 7) is 6.87. The Labute approximate surface area is 218 Å². The van der Waals surface area contributed by atoms with Gasteiger partial charge in [-0.1, -0.05) is 56.3 Å². The van der Waals surface area contributed by atoms with Crippen LogP contribution in [-0.2, 0) is 4.79 Å². The smallest absolute Gasteiger partial charge is 0.178 e. The molecule has 184 valence electrons. The van der Waals surface area contributed by atoms with E-state index >= 15 is 0 Å². The van der Waals surface area contributed by atoms with Crippen molar-refractivity contribution in [1.29, 1.82) is 0 Å². The van der Waals surface area contributed by atoms with Crippen molar-refractivity contribution in [2.24, 2.45) is 5.41 Å². The highest BCUT2D eigenvalue weighted by Crippen LogP contribution is 2.48. The number of rotatable bonds is 4. The Hall–Kier alpha value is -3.64. The summed E-state index contributed by atoms with van der Waals surface area (Å²) in [6, 6.07) is 25.6. The van der Waals surface area contributed by atoms with Gasteiger partial charge in [0.15, 0.2) is 10.9 Å². The van der Waals surface area contributed by atoms with Crippen LogP contribution in [-0.4, -0.2) is 17.5 Å². The van der Waals surface area contributed by atoms with E-state index in [9.17, 15) is 4.79 Å². The normalized spacial score (nSPS) is 18.5. The van der Waals surface area contributed by atoms with Gasteiger partial charge in [-0.05, 0) is 72.9 Å². The van der Waals surface area contributed by atoms with Gasteiger partial charge < -0.3 is 20.3 Å². The van der Waals surface area contributed by atoms with Gasteiger partial charge in [0.1, 0.15) is 5.75 Å². The molecule has 2 N–H and O–H groups in total. The van der Waals surface area contributed by atoms with Crippen molar-refractivity contribution in [3.63, 3.8) is 0 Å². The Kier molecular flexibility index (Phi) is 6.54. The van der Waals surface area contributed by atoms with Crippen LogP contribution in [0.4, 0.5) is 17.1 Å². The first-order chi connectivity index (χ1) is 17.4. The number of fused-ring (bicyclic) bond motifs is 1. The number of para-hydroxylation sites is 3. The van der Waals surface area contributed by atoms with Crippen LogP contribution < -0.4 is 20.3 Å². The number of nitrogens with zero attached hydrogens (tertiary/aromatic N) is 1. The predicted molar refractivity (Wildman–Crippen MR) is 151 cm³/mol. The molecule has 0 amide bonds. The molecular formula is C30H31N3O2S. The molecule has 1 heterocycles. The van der Waals surface area contributed by atoms with Gasteiger partial charge in [0, 0.05) is 23.4 Å². The molecule has 5 nitrogen and oxygen atoms in total. The number of hydrogen-bond acceptors (Lipinski definition) is 4. The van der Waals surface area contributed by atoms with Crippen LogP contribution in [0.15, 0.2) is 90.1 Å². The minimum absolute atomic E-state index is 0.126. The maximum atomic E-state index is 13.8. The van der Waals surface area contributed by atoms with Gasteiger partial charge in [-0.2, -0.15) is 0 Å². The zero-order chi connectivity index (χ0) is 25.3. The van der Waals surface area contributed by atoms with Crippen LogP contribution in [0, 0.1) is 5.41 Å². The maximum Gasteiger partial charge on any atom is 0.178 e. The van der Waals surface area contributed by atoms with Crippen LogP contribution in [0.5, 0.6) is 5.75 Å². The van der Waals surface area contributed by atoms with Crippen molar-refractivity contribution in [3.05, 3.63) is 95.7 Å². The summed E-state index contributed by atoms with van der Waals surface area (Å²) in [6.07, 6.45) is 1.27. The van der Waals surface area contributed by atoms with E-state index in [2.05, 4.69) is 35.4 Å². The molecule has 1 aliphatic carbocycles. The Morgan fingerprint density at radius 3 is 2.44 bits per heavy atom. The maximum absolute atomic E-state index is 13.8. The van der Waals surface area contributed by atoms with E-state index in [1.807, 2.05) is 79.7 Å². The summed E-state index contributed by atoms with van der Waals surface area (Å²) in [5.41, 5.74) is 5.34. The molecule has 6 heteroatoms. The van der Waals surface area contributed by atoms with E-state index < -0.39 is 0 Å². The van der Waals surface area contributed by atoms with Gasteiger partial charge in [-0.3, -0.25) is 4.79 Å². The molecule has 0 saturated heterocycles. The fourth-order valence-corrected chi connectivity index (χ4v) is 5.47. The minimum Gasteiger partial charge on any atom is -0.494 e. The quantitative estimate of drug-likeness (QED) is 0.375. The first kappa shape index (κ1) is 24.1. The lowest BCUT2D eigenvalue weighted by Crippen LogP contribution is -2.41. The number of thiocarbonyl (C=S) groups is 1. The number of carbonyl (C=O) groups excluding carboxylic acids is 1. The lowest BCUT2D eigenvalue weighted by atomic mass is 9.73. The fraction of sp³-hybridized carbons (Fsp3) is 0.267. The largest absolute Gasteiger partial charge is 0.494 e. The molecule has 3 aromatic rings. The van der Waals surface area contributed by atoms with Crippen LogP contribution in [0.1, 0.15) is 45.2 Å². The number of ether oxygens (including phenoxy) is 1. The third kappa shape index (κ3) is 4.73. The van der Waals surface area contributed by atoms with Crippen molar-refractivity contribution in [3.8, 4) is 5.75 Å². The molecule has 0 aromatic heterocycles. The first-order valence-corrected chi connectivity index (χ1v) is 12.8. The van der Waals surface area contributed by atoms with Gasteiger partial charge in [0.2, 0.25) is 0 Å². The van der Waals surface area contributed by atoms with E-state index in [1.54, 1.807) is 0 Å². The van der Waals surface area contributed by atoms with E-state index in [0.717, 1.165) is 46.1 Å². The standard InChI is InChI=1S/C30H31N3O2S/c1-4-35-22-16-14-20(15-17-22)28-27-24(18-30(2,3)19-26(27)34)32-23-12-8-9-13-25(23)33(28)29(36)31-21-10-6-5-7-11-21/h5-17,28,32H,4,18-19H2,1-3H3,(H,31,36). The summed E-state index contributed by atoms with van der Waals surface area (Å²) < 4.78 is 5.69. The van der Waals surface area contributed by atoms with Crippen molar-refractivity contribution >= 4 is 40.2 Å². The molecule has 1 atom stereocenters. The Morgan fingerprint density at radius 2 is 1.72 bits per heavy atom. The van der Waals surface area contributed by atoms with Crippen molar-refractivity contribution in [2.45, 2.75) is 39.7 Å². The highest BCUT2D eigenvalue weighted by atomic mass is 32.1. The molecular weight excluding hydrogens is 466 g/mol. The molecule has 0 bridgehead atoms. The molecule has 1 unspecified atom stereocenters. The highest BCUT2D eigenvalue weighted by Gasteiger charge is 2.42. The summed E-state index contributed by atoms with van der Waals surface area (Å²) >= 11 is 6.04. The molecule has 0 radical (unpaired) electrons. The molecule has 0 saturated carbocycles. The Balaban J connectivity index is 1.70. The third-order valence-corrected chi connectivity index (χ3v) is 6.95. The lowest BCUT2D eigenvalue weighted by Gasteiger charge is -2.38. The second kappa shape index (κ2) is 9.78. The topological polar surface area (TPSA) is 53.6 Å². The summed E-state index contributed by atoms with van der Waals surface area (Å²) in [5.74, 6) is 0.947. The Morgan fingerprint density at radius 1 is 1.03 bits per heavy atom. The summed E-state index contributed by atoms with van der Waals surface area (Å²) in [4.78, 5) is 15.9. The molecule has 1 aliphatic heterocycles. The lowest BCUT2D eigenvalue weighted by molar-refractivity contribution is -0.118. The molecule has 3 aromatic carbocycles. The summed E-state index contributed by atoms with van der Waals surface area (Å²) in [5, 5.41) is 7.57. The number of benzene rings is 3. The first-order valence-electron chi connectivity index (χ1n) is 12.4. The van der Waals surface area contributed by atoms with Gasteiger partial charge in [-0.25, -0.2) is 0 Å². The third-order valence-electron chi connectivity index (χ3n) is 6.65. The van der Waals surface area contributed by atoms with Gasteiger partial charge in [0.25, 0.3) is 0 Å². The Bertz CT molecular complexity index is 1320. The van der Waals surface area contributed by atoms with Crippen molar-refractivity contribution in [1.82, 2.24) is 0 Å². The van der Waals surface area contributed by atoms with Gasteiger partial charge in [0.05, 0.1) is 24.0 Å². The highest BCUT2D eigenvalue weighted by molar-refractivity contribution is 7.80. The van der Waals surface area contributed by atoms with Gasteiger partial charge >= 0.3 is 0 Å². The van der Waals surface area contributed by atoms with Crippen LogP contribution in [0.25, 0.3) is 0 Å². The molecule has 5 rings (SSSR count). The summed E-state index contributed by atoms with van der Waals surface area (Å²) in [7, 11) is 0. The molecule has 36 heavy (non-hydrogen) atoms. The number of hydrogen-bond donors (Lipinski definition) is 2. The number of nitrogens with one attached hydrogen (secondary N) is 2. The predicted octanol–water partition coefficient (Wildman–Crippen LogP) is 7.10. The van der Waals surface area contributed by atoms with E-state index in [4.69, 9.17) is 17.0 Å². The van der Waals surface area contributed by atoms with Crippen LogP contribution in [0.2, 0.25) is 0 Å². The fourth-order valence-electron chi connectivity index (χ4n) is 5.14. The number of anilines is 3. The average Bonchev–Trinajstić information content (AvgIpc) is 2.99. The van der Waals surface area contributed by atoms with E-state index in [0.29, 0.717) is 18.1 Å². The van der Waals surface area contributed by atoms with Crippen LogP contribution >= 0.6 is 12.2 Å². The van der Waals surface area contributed by atoms with Crippen LogP contribution in [0.3, 0.4) is 0 Å². The number of Topliss-reactive ketones (excluding diaryl/α,β-unsaturated/α-hetero) is 1. The number of allylic oxidation sites excluding steroid dienone is 1. The molecule has 0 spiro atoms. The number of carbonyl (C=O) groups is 1. The zero-order valence-corrected chi connectivity index (χ0v) is 21.7. The minimum atomic E-state index is -0.390. The SMILES string of the molecule is CCOc1ccc(C2C3=C(CC(C)(C)CC3=O)Nc3ccccc3N2C(=S)Nc2ccccc2)cc1. The second-order valence-electron chi connectivity index (χ2n) is 10.0. The van der Waals surface area contributed by atoms with E-state index in [-0.39, 0.29) is 17.2 Å². The van der Waals surface area contributed by atoms with Crippen molar-refractivity contribution < 1.29 is 9.53 Å². The molecule has 2 aliphatic rings. The van der Waals surface area contributed by atoms with Crippen molar-refractivity contribution in [2.75, 3.05) is 22.1 Å². The number of ketones is 1. The average molecular weight is 498 g/mol. The van der Waals surface area contributed by atoms with E-state index in [1.165, 1.54) is 0 Å². The zero-order valence-electron chi connectivity index (χ0n) is 20.9. The van der Waals surface area contributed by atoms with Gasteiger partial charge in [-0.15, -0.1) is 0 Å².